The first kappa shape index (κ1) is 16.8. The van der Waals surface area contributed by atoms with E-state index in [-0.39, 0.29) is 0 Å². The van der Waals surface area contributed by atoms with Crippen LogP contribution in [0.2, 0.25) is 5.02 Å². The van der Waals surface area contributed by atoms with Crippen LogP contribution in [-0.4, -0.2) is 29.1 Å². The van der Waals surface area contributed by atoms with Crippen molar-refractivity contribution in [3.05, 3.63) is 33.3 Å². The SMILES string of the molecule is CCCC1(C(=O)O)CCCN(Cc2ccc(Br)c(Cl)c2)C1. The molecule has 0 aromatic heterocycles. The van der Waals surface area contributed by atoms with Crippen molar-refractivity contribution in [3.63, 3.8) is 0 Å². The van der Waals surface area contributed by atoms with Crippen LogP contribution in [0.5, 0.6) is 0 Å². The van der Waals surface area contributed by atoms with Crippen molar-refractivity contribution in [2.45, 2.75) is 39.2 Å². The highest BCUT2D eigenvalue weighted by Crippen LogP contribution is 2.36. The molecule has 1 unspecified atom stereocenters. The zero-order chi connectivity index (χ0) is 15.5. The van der Waals surface area contributed by atoms with E-state index in [9.17, 15) is 9.90 Å². The smallest absolute Gasteiger partial charge is 0.310 e. The number of carboxylic acids is 1. The minimum atomic E-state index is -0.650. The topological polar surface area (TPSA) is 40.5 Å². The number of carbonyl (C=O) groups is 1. The average molecular weight is 375 g/mol. The molecule has 0 aliphatic carbocycles. The Morgan fingerprint density at radius 3 is 2.90 bits per heavy atom. The molecular formula is C16H21BrClNO2. The highest BCUT2D eigenvalue weighted by molar-refractivity contribution is 9.10. The van der Waals surface area contributed by atoms with Gasteiger partial charge < -0.3 is 5.11 Å². The highest BCUT2D eigenvalue weighted by atomic mass is 79.9. The summed E-state index contributed by atoms with van der Waals surface area (Å²) in [6.07, 6.45) is 3.38. The van der Waals surface area contributed by atoms with Crippen LogP contribution in [0.25, 0.3) is 0 Å². The van der Waals surface area contributed by atoms with Gasteiger partial charge in [-0.15, -0.1) is 0 Å². The molecule has 1 aromatic carbocycles. The van der Waals surface area contributed by atoms with Crippen LogP contribution in [0.15, 0.2) is 22.7 Å². The second-order valence-electron chi connectivity index (χ2n) is 5.90. The Balaban J connectivity index is 2.09. The van der Waals surface area contributed by atoms with Crippen LogP contribution in [0.1, 0.15) is 38.2 Å². The van der Waals surface area contributed by atoms with Crippen LogP contribution in [0.3, 0.4) is 0 Å². The summed E-state index contributed by atoms with van der Waals surface area (Å²) in [6.45, 7) is 4.39. The molecule has 0 saturated carbocycles. The van der Waals surface area contributed by atoms with Gasteiger partial charge in [0.25, 0.3) is 0 Å². The molecule has 1 atom stereocenters. The molecule has 1 saturated heterocycles. The van der Waals surface area contributed by atoms with Crippen molar-refractivity contribution in [3.8, 4) is 0 Å². The number of nitrogens with zero attached hydrogens (tertiary/aromatic N) is 1. The number of rotatable bonds is 5. The molecule has 1 aromatic rings. The van der Waals surface area contributed by atoms with Gasteiger partial charge in [0.2, 0.25) is 0 Å². The van der Waals surface area contributed by atoms with E-state index in [4.69, 9.17) is 11.6 Å². The second-order valence-corrected chi connectivity index (χ2v) is 7.16. The predicted molar refractivity (Wildman–Crippen MR) is 88.6 cm³/mol. The Morgan fingerprint density at radius 1 is 1.52 bits per heavy atom. The molecule has 1 aliphatic rings. The van der Waals surface area contributed by atoms with E-state index >= 15 is 0 Å². The summed E-state index contributed by atoms with van der Waals surface area (Å²) >= 11 is 9.52. The third-order valence-corrected chi connectivity index (χ3v) is 5.46. The first-order valence-electron chi connectivity index (χ1n) is 7.36. The molecule has 1 heterocycles. The standard InChI is InChI=1S/C16H21BrClNO2/c1-2-6-16(15(20)21)7-3-8-19(11-16)10-12-4-5-13(17)14(18)9-12/h4-5,9H,2-3,6-8,10-11H2,1H3,(H,20,21). The molecule has 1 fully saturated rings. The summed E-state index contributed by atoms with van der Waals surface area (Å²) < 4.78 is 0.887. The average Bonchev–Trinajstić information content (AvgIpc) is 2.43. The molecule has 0 amide bonds. The van der Waals surface area contributed by atoms with Gasteiger partial charge in [0.05, 0.1) is 10.4 Å². The quantitative estimate of drug-likeness (QED) is 0.820. The van der Waals surface area contributed by atoms with Gasteiger partial charge in [-0.05, 0) is 59.4 Å². The molecule has 0 spiro atoms. The molecule has 5 heteroatoms. The lowest BCUT2D eigenvalue weighted by molar-refractivity contribution is -0.153. The van der Waals surface area contributed by atoms with Gasteiger partial charge in [-0.25, -0.2) is 0 Å². The van der Waals surface area contributed by atoms with E-state index in [1.165, 1.54) is 0 Å². The molecule has 1 aliphatic heterocycles. The molecular weight excluding hydrogens is 354 g/mol. The van der Waals surface area contributed by atoms with Gasteiger partial charge in [0, 0.05) is 17.6 Å². The number of aliphatic carboxylic acids is 1. The van der Waals surface area contributed by atoms with Gasteiger partial charge in [-0.1, -0.05) is 31.0 Å². The Hall–Kier alpha value is -0.580. The Morgan fingerprint density at radius 2 is 2.29 bits per heavy atom. The lowest BCUT2D eigenvalue weighted by Crippen LogP contribution is -2.47. The van der Waals surface area contributed by atoms with Gasteiger partial charge in [0.15, 0.2) is 0 Å². The number of halogens is 2. The van der Waals surface area contributed by atoms with Crippen molar-refractivity contribution in [1.82, 2.24) is 4.90 Å². The molecule has 1 N–H and O–H groups in total. The maximum absolute atomic E-state index is 11.7. The van der Waals surface area contributed by atoms with E-state index in [2.05, 4.69) is 27.8 Å². The summed E-state index contributed by atoms with van der Waals surface area (Å²) in [5, 5.41) is 10.3. The van der Waals surface area contributed by atoms with Crippen LogP contribution < -0.4 is 0 Å². The van der Waals surface area contributed by atoms with E-state index < -0.39 is 11.4 Å². The number of hydrogen-bond acceptors (Lipinski definition) is 2. The Bertz CT molecular complexity index is 519. The Labute approximate surface area is 139 Å². The van der Waals surface area contributed by atoms with Gasteiger partial charge in [-0.3, -0.25) is 9.69 Å². The third-order valence-electron chi connectivity index (χ3n) is 4.23. The van der Waals surface area contributed by atoms with Crippen LogP contribution in [0, 0.1) is 5.41 Å². The normalized spacial score (nSPS) is 23.2. The van der Waals surface area contributed by atoms with Crippen LogP contribution in [-0.2, 0) is 11.3 Å². The van der Waals surface area contributed by atoms with E-state index in [1.54, 1.807) is 0 Å². The molecule has 0 bridgehead atoms. The lowest BCUT2D eigenvalue weighted by Gasteiger charge is -2.40. The van der Waals surface area contributed by atoms with Crippen molar-refractivity contribution in [1.29, 1.82) is 0 Å². The fourth-order valence-electron chi connectivity index (χ4n) is 3.22. The second kappa shape index (κ2) is 7.12. The fraction of sp³-hybridized carbons (Fsp3) is 0.562. The summed E-state index contributed by atoms with van der Waals surface area (Å²) in [7, 11) is 0. The molecule has 116 valence electrons. The van der Waals surface area contributed by atoms with E-state index in [1.807, 2.05) is 18.2 Å². The van der Waals surface area contributed by atoms with Gasteiger partial charge in [0.1, 0.15) is 0 Å². The zero-order valence-electron chi connectivity index (χ0n) is 12.2. The number of likely N-dealkylation sites (tertiary alicyclic amines) is 1. The van der Waals surface area contributed by atoms with Crippen molar-refractivity contribution in [2.24, 2.45) is 5.41 Å². The summed E-state index contributed by atoms with van der Waals surface area (Å²) in [4.78, 5) is 14.0. The number of hydrogen-bond donors (Lipinski definition) is 1. The Kier molecular flexibility index (Phi) is 5.69. The summed E-state index contributed by atoms with van der Waals surface area (Å²) in [6, 6.07) is 5.92. The molecule has 2 rings (SSSR count). The highest BCUT2D eigenvalue weighted by Gasteiger charge is 2.41. The lowest BCUT2D eigenvalue weighted by atomic mass is 9.76. The largest absolute Gasteiger partial charge is 0.481 e. The monoisotopic (exact) mass is 373 g/mol. The van der Waals surface area contributed by atoms with Gasteiger partial charge in [-0.2, -0.15) is 0 Å². The third kappa shape index (κ3) is 3.99. The number of carboxylic acid groups (broad SMARTS) is 1. The van der Waals surface area contributed by atoms with Crippen molar-refractivity contribution >= 4 is 33.5 Å². The van der Waals surface area contributed by atoms with Crippen molar-refractivity contribution in [2.75, 3.05) is 13.1 Å². The minimum absolute atomic E-state index is 0.577. The molecule has 0 radical (unpaired) electrons. The summed E-state index contributed by atoms with van der Waals surface area (Å²) in [5.74, 6) is -0.650. The van der Waals surface area contributed by atoms with E-state index in [0.717, 1.165) is 48.8 Å². The fourth-order valence-corrected chi connectivity index (χ4v) is 3.67. The molecule has 3 nitrogen and oxygen atoms in total. The van der Waals surface area contributed by atoms with E-state index in [0.29, 0.717) is 11.6 Å². The van der Waals surface area contributed by atoms with Gasteiger partial charge >= 0.3 is 5.97 Å². The maximum Gasteiger partial charge on any atom is 0.310 e. The van der Waals surface area contributed by atoms with Crippen LogP contribution in [0.4, 0.5) is 0 Å². The summed E-state index contributed by atoms with van der Waals surface area (Å²) in [5.41, 5.74) is 0.549. The number of piperidine rings is 1. The first-order chi connectivity index (χ1) is 9.97. The molecule has 21 heavy (non-hydrogen) atoms. The zero-order valence-corrected chi connectivity index (χ0v) is 14.6. The predicted octanol–water partition coefficient (Wildman–Crippen LogP) is 4.57. The van der Waals surface area contributed by atoms with Crippen LogP contribution >= 0.6 is 27.5 Å². The minimum Gasteiger partial charge on any atom is -0.481 e. The van der Waals surface area contributed by atoms with Crippen molar-refractivity contribution < 1.29 is 9.90 Å². The first-order valence-corrected chi connectivity index (χ1v) is 8.53. The maximum atomic E-state index is 11.7. The number of benzene rings is 1.